The summed E-state index contributed by atoms with van der Waals surface area (Å²) in [6, 6.07) is 0. The largest absolute Gasteiger partial charge is 0.285 e. The number of terminal acetylenes is 1. The first-order valence-electron chi connectivity index (χ1n) is 2.64. The van der Waals surface area contributed by atoms with E-state index in [1.807, 2.05) is 13.8 Å². The lowest BCUT2D eigenvalue weighted by Gasteiger charge is -2.11. The molecule has 50 valence electrons. The summed E-state index contributed by atoms with van der Waals surface area (Å²) in [4.78, 5) is 10.6. The molecule has 0 aromatic rings. The molecule has 0 amide bonds. The van der Waals surface area contributed by atoms with Crippen LogP contribution in [0, 0.1) is 12.3 Å². The minimum absolute atomic E-state index is 0.00120. The van der Waals surface area contributed by atoms with E-state index in [4.69, 9.17) is 6.42 Å². The van der Waals surface area contributed by atoms with Crippen molar-refractivity contribution in [2.45, 2.75) is 23.7 Å². The van der Waals surface area contributed by atoms with Crippen LogP contribution in [-0.2, 0) is 4.79 Å². The summed E-state index contributed by atoms with van der Waals surface area (Å²) in [5, 5.41) is 0. The zero-order chi connectivity index (χ0) is 7.49. The van der Waals surface area contributed by atoms with Crippen molar-refractivity contribution in [1.82, 2.24) is 0 Å². The van der Waals surface area contributed by atoms with Crippen LogP contribution < -0.4 is 0 Å². The third kappa shape index (κ3) is 5.84. The molecule has 0 aromatic heterocycles. The first kappa shape index (κ1) is 8.96. The van der Waals surface area contributed by atoms with Crippen LogP contribution in [0.3, 0.4) is 0 Å². The molecule has 0 rings (SSSR count). The maximum Gasteiger partial charge on any atom is 0.206 e. The van der Waals surface area contributed by atoms with Crippen LogP contribution in [0.5, 0.6) is 0 Å². The Balaban J connectivity index is 3.78. The predicted molar refractivity (Wildman–Crippen MR) is 46.6 cm³/mol. The van der Waals surface area contributed by atoms with Crippen molar-refractivity contribution in [3.63, 3.8) is 0 Å². The summed E-state index contributed by atoms with van der Waals surface area (Å²) < 4.78 is 0.00120. The van der Waals surface area contributed by atoms with Gasteiger partial charge in [-0.15, -0.1) is 6.42 Å². The fourth-order valence-electron chi connectivity index (χ4n) is 0.433. The van der Waals surface area contributed by atoms with Crippen LogP contribution in [0.1, 0.15) is 20.3 Å². The van der Waals surface area contributed by atoms with E-state index in [9.17, 15) is 4.79 Å². The Morgan fingerprint density at radius 3 is 2.33 bits per heavy atom. The van der Waals surface area contributed by atoms with Gasteiger partial charge in [0.2, 0.25) is 5.78 Å². The molecule has 0 saturated heterocycles. The molecule has 2 heteroatoms. The summed E-state index contributed by atoms with van der Waals surface area (Å²) in [7, 11) is 0. The van der Waals surface area contributed by atoms with Crippen molar-refractivity contribution in [3.05, 3.63) is 0 Å². The first-order valence-corrected chi connectivity index (χ1v) is 3.72. The molecule has 0 N–H and O–H groups in total. The lowest BCUT2D eigenvalue weighted by atomic mass is 10.1. The Bertz CT molecular complexity index is 147. The fourth-order valence-corrected chi connectivity index (χ4v) is 0.779. The smallest absolute Gasteiger partial charge is 0.206 e. The molecular weight excluding hydrogens is 227 g/mol. The number of hydrogen-bond donors (Lipinski definition) is 0. The van der Waals surface area contributed by atoms with Crippen molar-refractivity contribution >= 4 is 28.4 Å². The average Bonchev–Trinajstić information content (AvgIpc) is 1.62. The van der Waals surface area contributed by atoms with Gasteiger partial charge in [-0.05, 0) is 5.92 Å². The summed E-state index contributed by atoms with van der Waals surface area (Å²) in [5.41, 5.74) is 0. The van der Waals surface area contributed by atoms with Gasteiger partial charge in [0.15, 0.2) is 0 Å². The van der Waals surface area contributed by atoms with Crippen molar-refractivity contribution < 1.29 is 4.79 Å². The van der Waals surface area contributed by atoms with Crippen LogP contribution >= 0.6 is 22.6 Å². The minimum Gasteiger partial charge on any atom is -0.285 e. The normalized spacial score (nSPS) is 10.4. The summed E-state index contributed by atoms with van der Waals surface area (Å²) >= 11 is 2.20. The molecule has 0 spiro atoms. The lowest BCUT2D eigenvalue weighted by Crippen LogP contribution is -2.14. The summed E-state index contributed by atoms with van der Waals surface area (Å²) in [5.74, 6) is 1.96. The number of ketones is 1. The number of carbonyl (C=O) groups is 1. The standard InChI is InChI=1S/C7H9IO/c1-4-6(9)5-7(2,3)8/h1H,5H2,2-3H3. The molecule has 0 radical (unpaired) electrons. The van der Waals surface area contributed by atoms with E-state index in [-0.39, 0.29) is 9.20 Å². The molecule has 0 fully saturated rings. The maximum atomic E-state index is 10.6. The van der Waals surface area contributed by atoms with E-state index < -0.39 is 0 Å². The number of hydrogen-bond acceptors (Lipinski definition) is 1. The van der Waals surface area contributed by atoms with Crippen molar-refractivity contribution in [2.75, 3.05) is 0 Å². The third-order valence-corrected chi connectivity index (χ3v) is 1.12. The number of halogens is 1. The van der Waals surface area contributed by atoms with E-state index in [1.165, 1.54) is 0 Å². The van der Waals surface area contributed by atoms with Gasteiger partial charge in [-0.25, -0.2) is 0 Å². The van der Waals surface area contributed by atoms with E-state index in [0.717, 1.165) is 0 Å². The topological polar surface area (TPSA) is 17.1 Å². The van der Waals surface area contributed by atoms with Crippen LogP contribution in [0.25, 0.3) is 0 Å². The predicted octanol–water partition coefficient (Wildman–Crippen LogP) is 1.79. The Morgan fingerprint density at radius 1 is 1.78 bits per heavy atom. The Morgan fingerprint density at radius 2 is 2.22 bits per heavy atom. The number of rotatable bonds is 2. The van der Waals surface area contributed by atoms with Gasteiger partial charge in [0.25, 0.3) is 0 Å². The second-order valence-electron chi connectivity index (χ2n) is 2.46. The molecule has 0 saturated carbocycles. The van der Waals surface area contributed by atoms with Gasteiger partial charge in [-0.1, -0.05) is 36.4 Å². The second kappa shape index (κ2) is 3.21. The van der Waals surface area contributed by atoms with Crippen LogP contribution in [-0.4, -0.2) is 9.20 Å². The molecule has 9 heavy (non-hydrogen) atoms. The quantitative estimate of drug-likeness (QED) is 0.309. The van der Waals surface area contributed by atoms with Gasteiger partial charge in [-0.3, -0.25) is 4.79 Å². The van der Waals surface area contributed by atoms with E-state index in [0.29, 0.717) is 6.42 Å². The number of alkyl halides is 1. The highest BCUT2D eigenvalue weighted by atomic mass is 127. The van der Waals surface area contributed by atoms with Gasteiger partial charge >= 0.3 is 0 Å². The monoisotopic (exact) mass is 236 g/mol. The highest BCUT2D eigenvalue weighted by molar-refractivity contribution is 14.1. The van der Waals surface area contributed by atoms with Crippen LogP contribution in [0.4, 0.5) is 0 Å². The highest BCUT2D eigenvalue weighted by Crippen LogP contribution is 2.20. The Hall–Kier alpha value is -0.0400. The highest BCUT2D eigenvalue weighted by Gasteiger charge is 2.15. The van der Waals surface area contributed by atoms with Crippen molar-refractivity contribution in [3.8, 4) is 12.3 Å². The van der Waals surface area contributed by atoms with E-state index in [1.54, 1.807) is 0 Å². The Labute approximate surface area is 69.4 Å². The fraction of sp³-hybridized carbons (Fsp3) is 0.571. The summed E-state index contributed by atoms with van der Waals surface area (Å²) in [6.45, 7) is 3.95. The van der Waals surface area contributed by atoms with Crippen LogP contribution in [0.15, 0.2) is 0 Å². The number of Topliss-reactive ketones (excluding diaryl/α,β-unsaturated/α-hetero) is 1. The minimum atomic E-state index is -0.116. The van der Waals surface area contributed by atoms with Gasteiger partial charge in [0.05, 0.1) is 0 Å². The molecule has 0 atom stereocenters. The third-order valence-electron chi connectivity index (χ3n) is 0.742. The lowest BCUT2D eigenvalue weighted by molar-refractivity contribution is -0.114. The second-order valence-corrected chi connectivity index (χ2v) is 5.38. The molecule has 1 nitrogen and oxygen atoms in total. The van der Waals surface area contributed by atoms with Gasteiger partial charge in [-0.2, -0.15) is 0 Å². The molecular formula is C7H9IO. The molecule has 0 aromatic carbocycles. The Kier molecular flexibility index (Phi) is 3.20. The number of carbonyl (C=O) groups excluding carboxylic acids is 1. The summed E-state index contributed by atoms with van der Waals surface area (Å²) in [6.07, 6.45) is 5.34. The molecule has 0 aliphatic carbocycles. The zero-order valence-corrected chi connectivity index (χ0v) is 7.73. The average molecular weight is 236 g/mol. The van der Waals surface area contributed by atoms with Crippen molar-refractivity contribution in [2.24, 2.45) is 0 Å². The SMILES string of the molecule is C#CC(=O)CC(C)(C)I. The maximum absolute atomic E-state index is 10.6. The van der Waals surface area contributed by atoms with Gasteiger partial charge in [0.1, 0.15) is 0 Å². The molecule has 0 aliphatic heterocycles. The van der Waals surface area contributed by atoms with E-state index in [2.05, 4.69) is 28.5 Å². The van der Waals surface area contributed by atoms with E-state index >= 15 is 0 Å². The zero-order valence-electron chi connectivity index (χ0n) is 5.57. The van der Waals surface area contributed by atoms with Gasteiger partial charge in [0, 0.05) is 9.84 Å². The molecule has 0 heterocycles. The first-order chi connectivity index (χ1) is 3.95. The van der Waals surface area contributed by atoms with Crippen molar-refractivity contribution in [1.29, 1.82) is 0 Å². The molecule has 0 aliphatic rings. The van der Waals surface area contributed by atoms with Crippen LogP contribution in [0.2, 0.25) is 0 Å². The van der Waals surface area contributed by atoms with Gasteiger partial charge < -0.3 is 0 Å². The molecule has 0 bridgehead atoms. The molecule has 0 unspecified atom stereocenters.